The molecule has 0 radical (unpaired) electrons. The molecule has 3 aromatic rings. The molecular formula is C15H15Cl3N2S4. The number of thiophene rings is 2. The van der Waals surface area contributed by atoms with E-state index in [1.807, 2.05) is 54.4 Å². The third-order valence-electron chi connectivity index (χ3n) is 3.00. The highest BCUT2D eigenvalue weighted by Gasteiger charge is 2.13. The minimum atomic E-state index is 0. The molecule has 0 fully saturated rings. The SMILES string of the molecule is Cl.Clc1ccc(CSC(Cn2ccnc2)SCc2ccc(Cl)s2)s1. The molecule has 0 aliphatic rings. The van der Waals surface area contributed by atoms with Crippen molar-refractivity contribution in [2.75, 3.05) is 0 Å². The summed E-state index contributed by atoms with van der Waals surface area (Å²) in [5.41, 5.74) is 0. The molecule has 0 amide bonds. The zero-order valence-electron chi connectivity index (χ0n) is 12.4. The number of hydrogen-bond acceptors (Lipinski definition) is 5. The molecule has 3 heterocycles. The third-order valence-corrected chi connectivity index (χ3v) is 8.64. The topological polar surface area (TPSA) is 17.8 Å². The number of hydrogen-bond donors (Lipinski definition) is 0. The van der Waals surface area contributed by atoms with Crippen LogP contribution >= 0.6 is 81.8 Å². The monoisotopic (exact) mass is 456 g/mol. The molecule has 0 aromatic carbocycles. The average Bonchev–Trinajstić information content (AvgIpc) is 3.25. The number of imidazole rings is 1. The number of thioether (sulfide) groups is 2. The Labute approximate surface area is 174 Å². The molecule has 0 atom stereocenters. The Hall–Kier alpha value is 0.180. The van der Waals surface area contributed by atoms with Crippen LogP contribution in [-0.4, -0.2) is 14.1 Å². The van der Waals surface area contributed by atoms with Gasteiger partial charge in [0.05, 0.1) is 19.6 Å². The lowest BCUT2D eigenvalue weighted by Gasteiger charge is -2.16. The van der Waals surface area contributed by atoms with Crippen molar-refractivity contribution in [1.29, 1.82) is 0 Å². The first-order chi connectivity index (χ1) is 11.2. The van der Waals surface area contributed by atoms with Gasteiger partial charge in [0, 0.05) is 40.2 Å². The largest absolute Gasteiger partial charge is 0.336 e. The number of aromatic nitrogens is 2. The Balaban J connectivity index is 0.00000208. The molecule has 0 saturated carbocycles. The summed E-state index contributed by atoms with van der Waals surface area (Å²) >= 11 is 19.2. The summed E-state index contributed by atoms with van der Waals surface area (Å²) in [6, 6.07) is 8.15. The highest BCUT2D eigenvalue weighted by Crippen LogP contribution is 2.35. The van der Waals surface area contributed by atoms with E-state index < -0.39 is 0 Å². The predicted molar refractivity (Wildman–Crippen MR) is 115 cm³/mol. The number of nitrogens with zero attached hydrogens (tertiary/aromatic N) is 2. The Kier molecular flexibility index (Phi) is 8.84. The Bertz CT molecular complexity index is 683. The van der Waals surface area contributed by atoms with Crippen molar-refractivity contribution in [3.63, 3.8) is 0 Å². The van der Waals surface area contributed by atoms with E-state index in [9.17, 15) is 0 Å². The third kappa shape index (κ3) is 6.48. The summed E-state index contributed by atoms with van der Waals surface area (Å²) in [5.74, 6) is 1.96. The summed E-state index contributed by atoms with van der Waals surface area (Å²) in [4.78, 5) is 6.76. The van der Waals surface area contributed by atoms with Crippen LogP contribution in [-0.2, 0) is 18.1 Å². The smallest absolute Gasteiger partial charge is 0.0946 e. The van der Waals surface area contributed by atoms with E-state index in [-0.39, 0.29) is 12.4 Å². The quantitative estimate of drug-likeness (QED) is 0.342. The van der Waals surface area contributed by atoms with E-state index >= 15 is 0 Å². The summed E-state index contributed by atoms with van der Waals surface area (Å²) in [7, 11) is 0. The minimum absolute atomic E-state index is 0. The minimum Gasteiger partial charge on any atom is -0.336 e. The van der Waals surface area contributed by atoms with Crippen molar-refractivity contribution in [2.24, 2.45) is 0 Å². The van der Waals surface area contributed by atoms with Gasteiger partial charge < -0.3 is 4.57 Å². The van der Waals surface area contributed by atoms with Crippen LogP contribution < -0.4 is 0 Å². The van der Waals surface area contributed by atoms with Crippen molar-refractivity contribution in [3.8, 4) is 0 Å². The first-order valence-electron chi connectivity index (χ1n) is 6.86. The van der Waals surface area contributed by atoms with E-state index in [1.54, 1.807) is 22.7 Å². The normalized spacial score (nSPS) is 11.0. The summed E-state index contributed by atoms with van der Waals surface area (Å²) in [6.07, 6.45) is 5.71. The van der Waals surface area contributed by atoms with Gasteiger partial charge in [0.1, 0.15) is 0 Å². The van der Waals surface area contributed by atoms with Gasteiger partial charge in [0.25, 0.3) is 0 Å². The zero-order valence-corrected chi connectivity index (χ0v) is 18.0. The molecule has 3 aromatic heterocycles. The van der Waals surface area contributed by atoms with Gasteiger partial charge in [-0.1, -0.05) is 23.2 Å². The zero-order chi connectivity index (χ0) is 16.1. The van der Waals surface area contributed by atoms with Crippen molar-refractivity contribution in [1.82, 2.24) is 9.55 Å². The highest BCUT2D eigenvalue weighted by atomic mass is 35.5. The van der Waals surface area contributed by atoms with Gasteiger partial charge in [0.15, 0.2) is 0 Å². The van der Waals surface area contributed by atoms with Gasteiger partial charge in [-0.15, -0.1) is 58.6 Å². The maximum absolute atomic E-state index is 6.01. The van der Waals surface area contributed by atoms with Crippen LogP contribution in [0.15, 0.2) is 43.0 Å². The second kappa shape index (κ2) is 10.4. The fourth-order valence-electron chi connectivity index (χ4n) is 1.93. The van der Waals surface area contributed by atoms with E-state index in [2.05, 4.69) is 21.7 Å². The summed E-state index contributed by atoms with van der Waals surface area (Å²) in [5, 5.41) is 0. The van der Waals surface area contributed by atoms with Crippen molar-refractivity contribution in [3.05, 3.63) is 61.4 Å². The molecule has 0 N–H and O–H groups in total. The second-order valence-electron chi connectivity index (χ2n) is 4.72. The highest BCUT2D eigenvalue weighted by molar-refractivity contribution is 8.16. The van der Waals surface area contributed by atoms with Crippen molar-refractivity contribution >= 4 is 81.8 Å². The predicted octanol–water partition coefficient (Wildman–Crippen LogP) is 6.93. The van der Waals surface area contributed by atoms with Gasteiger partial charge in [0.2, 0.25) is 0 Å². The van der Waals surface area contributed by atoms with Crippen LogP contribution in [0.5, 0.6) is 0 Å². The fourth-order valence-corrected chi connectivity index (χ4v) is 6.82. The van der Waals surface area contributed by atoms with Crippen LogP contribution in [0.25, 0.3) is 0 Å². The lowest BCUT2D eigenvalue weighted by atomic mass is 10.5. The van der Waals surface area contributed by atoms with Crippen LogP contribution in [0.1, 0.15) is 9.75 Å². The molecule has 3 rings (SSSR count). The molecule has 2 nitrogen and oxygen atoms in total. The van der Waals surface area contributed by atoms with Crippen LogP contribution in [0.2, 0.25) is 8.67 Å². The molecular weight excluding hydrogens is 443 g/mol. The van der Waals surface area contributed by atoms with Crippen LogP contribution in [0.3, 0.4) is 0 Å². The maximum Gasteiger partial charge on any atom is 0.0946 e. The van der Waals surface area contributed by atoms with Crippen LogP contribution in [0, 0.1) is 0 Å². The van der Waals surface area contributed by atoms with Crippen molar-refractivity contribution in [2.45, 2.75) is 22.6 Å². The van der Waals surface area contributed by atoms with Crippen molar-refractivity contribution < 1.29 is 0 Å². The molecule has 9 heteroatoms. The molecule has 0 aliphatic heterocycles. The summed E-state index contributed by atoms with van der Waals surface area (Å²) < 4.78 is 4.29. The van der Waals surface area contributed by atoms with E-state index in [0.29, 0.717) is 4.58 Å². The first kappa shape index (κ1) is 20.5. The van der Waals surface area contributed by atoms with E-state index in [0.717, 1.165) is 26.7 Å². The lowest BCUT2D eigenvalue weighted by molar-refractivity contribution is 0.750. The molecule has 24 heavy (non-hydrogen) atoms. The van der Waals surface area contributed by atoms with Gasteiger partial charge >= 0.3 is 0 Å². The van der Waals surface area contributed by atoms with E-state index in [1.165, 1.54) is 9.75 Å². The van der Waals surface area contributed by atoms with Gasteiger partial charge in [-0.3, -0.25) is 0 Å². The lowest BCUT2D eigenvalue weighted by Crippen LogP contribution is -2.08. The van der Waals surface area contributed by atoms with E-state index in [4.69, 9.17) is 23.2 Å². The fraction of sp³-hybridized carbons (Fsp3) is 0.267. The molecule has 0 bridgehead atoms. The van der Waals surface area contributed by atoms with Crippen LogP contribution in [0.4, 0.5) is 0 Å². The molecule has 0 aliphatic carbocycles. The first-order valence-corrected chi connectivity index (χ1v) is 11.3. The maximum atomic E-state index is 6.01. The Morgan fingerprint density at radius 3 is 2.00 bits per heavy atom. The summed E-state index contributed by atoms with van der Waals surface area (Å²) in [6.45, 7) is 0.938. The number of halogens is 3. The standard InChI is InChI=1S/C15H14Cl2N2S4.ClH/c16-13-3-1-11(22-13)8-20-15(7-19-6-5-18-10-19)21-9-12-2-4-14(17)23-12;/h1-6,10,15H,7-9H2;1H. The molecule has 0 saturated heterocycles. The Morgan fingerprint density at radius 1 is 1.00 bits per heavy atom. The van der Waals surface area contributed by atoms with Gasteiger partial charge in [-0.2, -0.15) is 0 Å². The average molecular weight is 458 g/mol. The molecule has 0 spiro atoms. The molecule has 0 unspecified atom stereocenters. The van der Waals surface area contributed by atoms with Gasteiger partial charge in [-0.25, -0.2) is 4.98 Å². The Morgan fingerprint density at radius 2 is 1.58 bits per heavy atom. The van der Waals surface area contributed by atoms with Gasteiger partial charge in [-0.05, 0) is 24.3 Å². The number of rotatable bonds is 8. The second-order valence-corrected chi connectivity index (χ2v) is 11.0. The molecule has 130 valence electrons.